The molecule has 0 saturated carbocycles. The van der Waals surface area contributed by atoms with E-state index in [1.807, 2.05) is 60.5 Å². The molecule has 1 aliphatic heterocycles. The predicted molar refractivity (Wildman–Crippen MR) is 104 cm³/mol. The summed E-state index contributed by atoms with van der Waals surface area (Å²) in [6.45, 7) is 0.687. The van der Waals surface area contributed by atoms with Gasteiger partial charge in [0.05, 0.1) is 24.4 Å². The van der Waals surface area contributed by atoms with Crippen LogP contribution < -0.4 is 9.80 Å². The molecule has 0 aliphatic carbocycles. The number of hydrogen-bond acceptors (Lipinski definition) is 5. The molecule has 0 radical (unpaired) electrons. The fraction of sp³-hybridized carbons (Fsp3) is 0.200. The second-order valence-electron chi connectivity index (χ2n) is 6.00. The number of fused-ring (bicyclic) bond motifs is 1. The van der Waals surface area contributed by atoms with Crippen molar-refractivity contribution in [1.82, 2.24) is 0 Å². The molecule has 0 unspecified atom stereocenters. The summed E-state index contributed by atoms with van der Waals surface area (Å²) < 4.78 is 0. The summed E-state index contributed by atoms with van der Waals surface area (Å²) in [7, 11) is 3.68. The number of rotatable bonds is 5. The van der Waals surface area contributed by atoms with Crippen LogP contribution in [-0.2, 0) is 4.79 Å². The van der Waals surface area contributed by atoms with Crippen molar-refractivity contribution < 1.29 is 4.79 Å². The minimum absolute atomic E-state index is 0.155. The Labute approximate surface area is 152 Å². The number of carbonyl (C=O) groups excluding carboxylic acids is 1. The van der Waals surface area contributed by atoms with Crippen LogP contribution in [0, 0.1) is 11.3 Å². The average molecular weight is 345 g/mol. The maximum absolute atomic E-state index is 12.3. The smallest absolute Gasteiger partial charge is 0.279 e. The van der Waals surface area contributed by atoms with Crippen molar-refractivity contribution in [2.24, 2.45) is 10.2 Å². The molecule has 0 spiro atoms. The third kappa shape index (κ3) is 3.47. The first kappa shape index (κ1) is 17.4. The first-order chi connectivity index (χ1) is 12.6. The molecule has 6 heteroatoms. The number of para-hydroxylation sites is 1. The third-order valence-corrected chi connectivity index (χ3v) is 4.29. The molecule has 130 valence electrons. The van der Waals surface area contributed by atoms with Gasteiger partial charge in [-0.15, -0.1) is 5.10 Å². The monoisotopic (exact) mass is 345 g/mol. The van der Waals surface area contributed by atoms with E-state index >= 15 is 0 Å². The van der Waals surface area contributed by atoms with Gasteiger partial charge in [-0.2, -0.15) is 10.4 Å². The van der Waals surface area contributed by atoms with E-state index in [1.165, 1.54) is 0 Å². The first-order valence-corrected chi connectivity index (χ1v) is 8.28. The first-order valence-electron chi connectivity index (χ1n) is 8.28. The molecule has 0 atom stereocenters. The van der Waals surface area contributed by atoms with E-state index in [2.05, 4.69) is 16.3 Å². The summed E-state index contributed by atoms with van der Waals surface area (Å²) >= 11 is 0. The van der Waals surface area contributed by atoms with E-state index in [1.54, 1.807) is 18.2 Å². The van der Waals surface area contributed by atoms with Gasteiger partial charge >= 0.3 is 0 Å². The van der Waals surface area contributed by atoms with Crippen LogP contribution >= 0.6 is 0 Å². The Bertz CT molecular complexity index is 909. The van der Waals surface area contributed by atoms with Gasteiger partial charge in [-0.3, -0.25) is 4.79 Å². The molecule has 0 saturated heterocycles. The fourth-order valence-corrected chi connectivity index (χ4v) is 2.76. The highest BCUT2D eigenvalue weighted by Crippen LogP contribution is 2.27. The largest absolute Gasteiger partial charge is 0.374 e. The normalized spacial score (nSPS) is 14.7. The second kappa shape index (κ2) is 7.62. The summed E-state index contributed by atoms with van der Waals surface area (Å²) in [6, 6.07) is 17.5. The third-order valence-electron chi connectivity index (χ3n) is 4.29. The lowest BCUT2D eigenvalue weighted by Crippen LogP contribution is -2.25. The van der Waals surface area contributed by atoms with Crippen LogP contribution in [0.15, 0.2) is 58.7 Å². The van der Waals surface area contributed by atoms with Crippen LogP contribution in [0.2, 0.25) is 0 Å². The van der Waals surface area contributed by atoms with Crippen molar-refractivity contribution in [2.75, 3.05) is 30.4 Å². The van der Waals surface area contributed by atoms with Crippen LogP contribution in [-0.4, -0.2) is 38.5 Å². The van der Waals surface area contributed by atoms with E-state index in [0.29, 0.717) is 18.7 Å². The molecule has 2 aromatic carbocycles. The lowest BCUT2D eigenvalue weighted by molar-refractivity contribution is -0.111. The Balaban J connectivity index is 1.74. The highest BCUT2D eigenvalue weighted by atomic mass is 16.2. The summed E-state index contributed by atoms with van der Waals surface area (Å²) in [6.07, 6.45) is 2.11. The highest BCUT2D eigenvalue weighted by molar-refractivity contribution is 6.54. The minimum Gasteiger partial charge on any atom is -0.374 e. The Morgan fingerprint density at radius 2 is 1.92 bits per heavy atom. The topological polar surface area (TPSA) is 72.1 Å². The SMILES string of the molecule is CN(CCC#N)c1ccc(/C=N\N=C2/C(=O)N(C)c3ccccc32)cc1. The number of likely N-dealkylation sites (N-methyl/N-ethyl adjacent to an activating group) is 1. The van der Waals surface area contributed by atoms with E-state index in [0.717, 1.165) is 22.5 Å². The molecular weight excluding hydrogens is 326 g/mol. The molecular formula is C20H19N5O. The molecule has 0 fully saturated rings. The molecule has 1 aliphatic rings. The van der Waals surface area contributed by atoms with Gasteiger partial charge < -0.3 is 9.80 Å². The van der Waals surface area contributed by atoms with Gasteiger partial charge in [0.25, 0.3) is 5.91 Å². The average Bonchev–Trinajstić information content (AvgIpc) is 2.92. The lowest BCUT2D eigenvalue weighted by Gasteiger charge is -2.17. The maximum atomic E-state index is 12.3. The number of hydrogen-bond donors (Lipinski definition) is 0. The lowest BCUT2D eigenvalue weighted by atomic mass is 10.1. The Kier molecular flexibility index (Phi) is 5.09. The molecule has 0 N–H and O–H groups in total. The van der Waals surface area contributed by atoms with Gasteiger partial charge in [0.15, 0.2) is 5.71 Å². The molecule has 0 bridgehead atoms. The standard InChI is InChI=1S/C20H19N5O/c1-24(13-5-12-21)16-10-8-15(9-11-16)14-22-23-19-17-6-3-4-7-18(17)25(2)20(19)26/h3-4,6-11,14H,5,13H2,1-2H3/b22-14-,23-19-. The summed E-state index contributed by atoms with van der Waals surface area (Å²) in [5.74, 6) is -0.155. The Morgan fingerprint density at radius 1 is 1.19 bits per heavy atom. The van der Waals surface area contributed by atoms with Gasteiger partial charge in [0.2, 0.25) is 0 Å². The van der Waals surface area contributed by atoms with Crippen LogP contribution in [0.1, 0.15) is 17.5 Å². The van der Waals surface area contributed by atoms with Crippen LogP contribution in [0.3, 0.4) is 0 Å². The van der Waals surface area contributed by atoms with Crippen LogP contribution in [0.4, 0.5) is 11.4 Å². The number of carbonyl (C=O) groups is 1. The van der Waals surface area contributed by atoms with Gasteiger partial charge in [-0.05, 0) is 23.8 Å². The van der Waals surface area contributed by atoms with Gasteiger partial charge in [-0.1, -0.05) is 30.3 Å². The minimum atomic E-state index is -0.155. The summed E-state index contributed by atoms with van der Waals surface area (Å²) in [4.78, 5) is 15.9. The van der Waals surface area contributed by atoms with Crippen molar-refractivity contribution >= 4 is 29.2 Å². The zero-order valence-corrected chi connectivity index (χ0v) is 14.8. The molecule has 1 heterocycles. The van der Waals surface area contributed by atoms with Crippen LogP contribution in [0.5, 0.6) is 0 Å². The van der Waals surface area contributed by atoms with E-state index in [-0.39, 0.29) is 5.91 Å². The zero-order chi connectivity index (χ0) is 18.5. The number of benzene rings is 2. The molecule has 2 aromatic rings. The Hall–Kier alpha value is -3.46. The summed E-state index contributed by atoms with van der Waals surface area (Å²) in [5, 5.41) is 16.9. The van der Waals surface area contributed by atoms with Crippen molar-refractivity contribution in [3.63, 3.8) is 0 Å². The zero-order valence-electron chi connectivity index (χ0n) is 14.8. The van der Waals surface area contributed by atoms with Crippen LogP contribution in [0.25, 0.3) is 0 Å². The van der Waals surface area contributed by atoms with E-state index in [9.17, 15) is 4.79 Å². The van der Waals surface area contributed by atoms with E-state index < -0.39 is 0 Å². The molecule has 6 nitrogen and oxygen atoms in total. The number of amides is 1. The molecule has 3 rings (SSSR count). The molecule has 0 aromatic heterocycles. The number of nitriles is 1. The predicted octanol–water partition coefficient (Wildman–Crippen LogP) is 2.84. The summed E-state index contributed by atoms with van der Waals surface area (Å²) in [5.41, 5.74) is 3.92. The molecule has 1 amide bonds. The highest BCUT2D eigenvalue weighted by Gasteiger charge is 2.30. The van der Waals surface area contributed by atoms with Gasteiger partial charge in [0.1, 0.15) is 0 Å². The quantitative estimate of drug-likeness (QED) is 0.618. The Morgan fingerprint density at radius 3 is 2.65 bits per heavy atom. The fourth-order valence-electron chi connectivity index (χ4n) is 2.76. The van der Waals surface area contributed by atoms with Crippen molar-refractivity contribution in [3.8, 4) is 6.07 Å². The van der Waals surface area contributed by atoms with Crippen molar-refractivity contribution in [3.05, 3.63) is 59.7 Å². The number of nitrogens with zero attached hydrogens (tertiary/aromatic N) is 5. The molecule has 26 heavy (non-hydrogen) atoms. The maximum Gasteiger partial charge on any atom is 0.279 e. The van der Waals surface area contributed by atoms with Gasteiger partial charge in [-0.25, -0.2) is 0 Å². The van der Waals surface area contributed by atoms with E-state index in [4.69, 9.17) is 5.26 Å². The van der Waals surface area contributed by atoms with Crippen molar-refractivity contribution in [1.29, 1.82) is 5.26 Å². The number of anilines is 2. The van der Waals surface area contributed by atoms with Crippen molar-refractivity contribution in [2.45, 2.75) is 6.42 Å². The second-order valence-corrected chi connectivity index (χ2v) is 6.00. The van der Waals surface area contributed by atoms with Gasteiger partial charge in [0, 0.05) is 31.9 Å².